The van der Waals surface area contributed by atoms with Crippen LogP contribution in [0.15, 0.2) is 79.1 Å². The van der Waals surface area contributed by atoms with Crippen LogP contribution in [0.1, 0.15) is 29.5 Å². The van der Waals surface area contributed by atoms with Crippen LogP contribution in [0.3, 0.4) is 0 Å². The Labute approximate surface area is 230 Å². The van der Waals surface area contributed by atoms with Crippen LogP contribution in [-0.4, -0.2) is 0 Å². The van der Waals surface area contributed by atoms with Gasteiger partial charge < -0.3 is 0 Å². The minimum atomic E-state index is -1.68. The molecule has 9 heteroatoms. The van der Waals surface area contributed by atoms with Gasteiger partial charge in [-0.2, -0.15) is 0 Å². The fourth-order valence-corrected chi connectivity index (χ4v) is 4.31. The highest BCUT2D eigenvalue weighted by molar-refractivity contribution is 5.70. The molecule has 0 radical (unpaired) electrons. The molecular formula is C32H21F9. The Bertz CT molecular complexity index is 1610. The fourth-order valence-electron chi connectivity index (χ4n) is 4.31. The molecule has 0 spiro atoms. The standard InChI is InChI=1S/C32H21F9/c1-2-3-4-24(33)31(40)18-7-10-22(26(35)12-18)19-13-27(36)23(28(37)14-19)9-6-17-5-8-21(25(34)11-17)20-15-29(38)32(41)30(39)16-20/h2,5,7-8,10-16H,1,3-4,6,9H2. The van der Waals surface area contributed by atoms with E-state index in [-0.39, 0.29) is 59.1 Å². The van der Waals surface area contributed by atoms with E-state index in [9.17, 15) is 39.5 Å². The van der Waals surface area contributed by atoms with Crippen LogP contribution >= 0.6 is 0 Å². The van der Waals surface area contributed by atoms with Gasteiger partial charge in [0.2, 0.25) is 0 Å². The Balaban J connectivity index is 1.52. The number of allylic oxidation sites excluding steroid dienone is 2. The average molecular weight is 577 g/mol. The molecule has 0 aromatic heterocycles. The number of aryl methyl sites for hydroxylation is 1. The fraction of sp³-hybridized carbons (Fsp3) is 0.125. The summed E-state index contributed by atoms with van der Waals surface area (Å²) in [7, 11) is 0. The van der Waals surface area contributed by atoms with Gasteiger partial charge in [0.1, 0.15) is 29.1 Å². The molecule has 0 saturated carbocycles. The van der Waals surface area contributed by atoms with Crippen molar-refractivity contribution in [3.63, 3.8) is 0 Å². The van der Waals surface area contributed by atoms with Crippen molar-refractivity contribution < 1.29 is 39.5 Å². The lowest BCUT2D eigenvalue weighted by atomic mass is 9.96. The van der Waals surface area contributed by atoms with Crippen LogP contribution in [0.5, 0.6) is 0 Å². The van der Waals surface area contributed by atoms with Crippen molar-refractivity contribution in [2.24, 2.45) is 0 Å². The first-order valence-electron chi connectivity index (χ1n) is 12.4. The summed E-state index contributed by atoms with van der Waals surface area (Å²) >= 11 is 0. The van der Waals surface area contributed by atoms with Gasteiger partial charge in [-0.1, -0.05) is 30.3 Å². The number of benzene rings is 4. The summed E-state index contributed by atoms with van der Waals surface area (Å²) in [5.74, 6) is -10.9. The molecule has 0 amide bonds. The highest BCUT2D eigenvalue weighted by atomic mass is 19.2. The molecule has 4 aromatic carbocycles. The lowest BCUT2D eigenvalue weighted by molar-refractivity contribution is 0.447. The van der Waals surface area contributed by atoms with Gasteiger partial charge in [0.15, 0.2) is 23.3 Å². The van der Waals surface area contributed by atoms with Gasteiger partial charge in [-0.15, -0.1) is 6.58 Å². The van der Waals surface area contributed by atoms with E-state index in [2.05, 4.69) is 6.58 Å². The minimum absolute atomic E-state index is 0.0252. The van der Waals surface area contributed by atoms with Crippen LogP contribution in [0.4, 0.5) is 39.5 Å². The molecular weight excluding hydrogens is 555 g/mol. The predicted molar refractivity (Wildman–Crippen MR) is 139 cm³/mol. The number of hydrogen-bond acceptors (Lipinski definition) is 0. The van der Waals surface area contributed by atoms with Crippen molar-refractivity contribution in [2.45, 2.75) is 25.7 Å². The molecule has 4 rings (SSSR count). The molecule has 0 bridgehead atoms. The summed E-state index contributed by atoms with van der Waals surface area (Å²) in [6, 6.07) is 9.64. The van der Waals surface area contributed by atoms with Crippen molar-refractivity contribution in [2.75, 3.05) is 0 Å². The zero-order valence-corrected chi connectivity index (χ0v) is 21.3. The zero-order valence-electron chi connectivity index (χ0n) is 21.3. The average Bonchev–Trinajstić information content (AvgIpc) is 2.93. The summed E-state index contributed by atoms with van der Waals surface area (Å²) < 4.78 is 128. The number of rotatable bonds is 9. The Kier molecular flexibility index (Phi) is 9.05. The highest BCUT2D eigenvalue weighted by Gasteiger charge is 2.18. The molecule has 0 aliphatic carbocycles. The predicted octanol–water partition coefficient (Wildman–Crippen LogP) is 10.4. The Hall–Kier alpha value is -4.27. The molecule has 41 heavy (non-hydrogen) atoms. The molecule has 212 valence electrons. The lowest BCUT2D eigenvalue weighted by Gasteiger charge is -2.11. The smallest absolute Gasteiger partial charge is 0.194 e. The monoisotopic (exact) mass is 576 g/mol. The topological polar surface area (TPSA) is 0 Å². The summed E-state index contributed by atoms with van der Waals surface area (Å²) in [5.41, 5.74) is -1.22. The Morgan fingerprint density at radius 3 is 1.68 bits per heavy atom. The van der Waals surface area contributed by atoms with E-state index < -0.39 is 52.4 Å². The van der Waals surface area contributed by atoms with Gasteiger partial charge in [-0.3, -0.25) is 0 Å². The van der Waals surface area contributed by atoms with Crippen LogP contribution in [-0.2, 0) is 12.8 Å². The Morgan fingerprint density at radius 1 is 0.610 bits per heavy atom. The first kappa shape index (κ1) is 29.7. The molecule has 0 aliphatic heterocycles. The van der Waals surface area contributed by atoms with E-state index in [1.807, 2.05) is 0 Å². The molecule has 0 heterocycles. The molecule has 0 N–H and O–H groups in total. The van der Waals surface area contributed by atoms with E-state index in [0.717, 1.165) is 36.4 Å². The quantitative estimate of drug-likeness (QED) is 0.106. The summed E-state index contributed by atoms with van der Waals surface area (Å²) in [5, 5.41) is 0. The second-order valence-electron chi connectivity index (χ2n) is 9.23. The normalized spacial score (nSPS) is 11.9. The maximum atomic E-state index is 14.9. The number of halogens is 9. The van der Waals surface area contributed by atoms with Crippen molar-refractivity contribution in [3.8, 4) is 22.3 Å². The maximum absolute atomic E-state index is 14.9. The van der Waals surface area contributed by atoms with Gasteiger partial charge in [0.05, 0.1) is 0 Å². The van der Waals surface area contributed by atoms with Crippen molar-refractivity contribution in [1.29, 1.82) is 0 Å². The Morgan fingerprint density at radius 2 is 1.15 bits per heavy atom. The first-order chi connectivity index (χ1) is 19.5. The highest BCUT2D eigenvalue weighted by Crippen LogP contribution is 2.32. The van der Waals surface area contributed by atoms with E-state index >= 15 is 0 Å². The van der Waals surface area contributed by atoms with Gasteiger partial charge in [-0.25, -0.2) is 39.5 Å². The number of hydrogen-bond donors (Lipinski definition) is 0. The molecule has 4 aromatic rings. The summed E-state index contributed by atoms with van der Waals surface area (Å²) in [6.07, 6.45) is 1.10. The van der Waals surface area contributed by atoms with Crippen LogP contribution < -0.4 is 0 Å². The van der Waals surface area contributed by atoms with Gasteiger partial charge in [0.25, 0.3) is 0 Å². The summed E-state index contributed by atoms with van der Waals surface area (Å²) in [6.45, 7) is 3.42. The maximum Gasteiger partial charge on any atom is 0.194 e. The van der Waals surface area contributed by atoms with Crippen molar-refractivity contribution in [3.05, 3.63) is 137 Å². The van der Waals surface area contributed by atoms with E-state index in [1.165, 1.54) is 18.2 Å². The van der Waals surface area contributed by atoms with Crippen LogP contribution in [0, 0.1) is 40.7 Å². The van der Waals surface area contributed by atoms with Gasteiger partial charge >= 0.3 is 0 Å². The SMILES string of the molecule is C=CCCC(F)=C(F)c1ccc(-c2cc(F)c(CCc3ccc(-c4cc(F)c(F)c(F)c4)c(F)c3)c(F)c2)c(F)c1. The summed E-state index contributed by atoms with van der Waals surface area (Å²) in [4.78, 5) is 0. The largest absolute Gasteiger partial charge is 0.209 e. The first-order valence-corrected chi connectivity index (χ1v) is 12.4. The van der Waals surface area contributed by atoms with E-state index in [1.54, 1.807) is 0 Å². The van der Waals surface area contributed by atoms with Gasteiger partial charge in [-0.05, 0) is 72.4 Å². The third-order valence-electron chi connectivity index (χ3n) is 6.47. The van der Waals surface area contributed by atoms with E-state index in [4.69, 9.17) is 0 Å². The van der Waals surface area contributed by atoms with Crippen LogP contribution in [0.2, 0.25) is 0 Å². The van der Waals surface area contributed by atoms with Gasteiger partial charge in [0, 0.05) is 28.7 Å². The third-order valence-corrected chi connectivity index (χ3v) is 6.47. The minimum Gasteiger partial charge on any atom is -0.209 e. The third kappa shape index (κ3) is 6.56. The molecule has 0 saturated heterocycles. The molecule has 0 aliphatic rings. The zero-order chi connectivity index (χ0) is 29.8. The van der Waals surface area contributed by atoms with Crippen molar-refractivity contribution >= 4 is 5.83 Å². The molecule has 0 nitrogen and oxygen atoms in total. The second-order valence-corrected chi connectivity index (χ2v) is 9.23. The van der Waals surface area contributed by atoms with E-state index in [0.29, 0.717) is 17.7 Å². The van der Waals surface area contributed by atoms with Crippen molar-refractivity contribution in [1.82, 2.24) is 0 Å². The molecule has 0 fully saturated rings. The molecule has 0 atom stereocenters. The van der Waals surface area contributed by atoms with Crippen LogP contribution in [0.25, 0.3) is 28.1 Å². The molecule has 0 unspecified atom stereocenters. The second kappa shape index (κ2) is 12.5. The lowest BCUT2D eigenvalue weighted by Crippen LogP contribution is -2.01.